The summed E-state index contributed by atoms with van der Waals surface area (Å²) in [6, 6.07) is 0. The zero-order chi connectivity index (χ0) is 11.0. The van der Waals surface area contributed by atoms with Gasteiger partial charge in [0, 0.05) is 25.6 Å². The zero-order valence-corrected chi connectivity index (χ0v) is 9.34. The lowest BCUT2D eigenvalue weighted by Crippen LogP contribution is -2.37. The third kappa shape index (κ3) is 5.94. The van der Waals surface area contributed by atoms with Crippen LogP contribution in [0.15, 0.2) is 0 Å². The average Bonchev–Trinajstić information content (AvgIpc) is 2.21. The fraction of sp³-hybridized carbons (Fsp3) is 0.900. The molecular weight excluding hydrogens is 180 g/mol. The van der Waals surface area contributed by atoms with E-state index in [1.54, 1.807) is 0 Å². The second kappa shape index (κ2) is 7.76. The molecule has 0 saturated carbocycles. The molecule has 0 spiro atoms. The first-order valence-corrected chi connectivity index (χ1v) is 5.21. The summed E-state index contributed by atoms with van der Waals surface area (Å²) in [4.78, 5) is 11.4. The van der Waals surface area contributed by atoms with Gasteiger partial charge in [-0.2, -0.15) is 0 Å². The van der Waals surface area contributed by atoms with E-state index in [4.69, 9.17) is 5.11 Å². The molecule has 0 bridgehead atoms. The molecule has 0 aromatic carbocycles. The predicted molar refractivity (Wildman–Crippen MR) is 57.0 cm³/mol. The van der Waals surface area contributed by atoms with E-state index in [1.165, 1.54) is 0 Å². The van der Waals surface area contributed by atoms with Gasteiger partial charge in [0.05, 0.1) is 0 Å². The number of hydrogen-bond donors (Lipinski definition) is 3. The molecule has 0 aliphatic heterocycles. The molecule has 0 rings (SSSR count). The van der Waals surface area contributed by atoms with Crippen molar-refractivity contribution < 1.29 is 9.90 Å². The minimum atomic E-state index is -0.0131. The van der Waals surface area contributed by atoms with Crippen molar-refractivity contribution in [2.75, 3.05) is 26.2 Å². The Balaban J connectivity index is 3.61. The first-order chi connectivity index (χ1) is 6.61. The number of rotatable bonds is 7. The van der Waals surface area contributed by atoms with Crippen molar-refractivity contribution in [2.45, 2.75) is 20.8 Å². The molecule has 0 radical (unpaired) electrons. The molecule has 0 aromatic heterocycles. The van der Waals surface area contributed by atoms with Crippen LogP contribution in [0.3, 0.4) is 0 Å². The van der Waals surface area contributed by atoms with Gasteiger partial charge in [0.1, 0.15) is 0 Å². The first kappa shape index (κ1) is 13.4. The van der Waals surface area contributed by atoms with Gasteiger partial charge in [0.2, 0.25) is 5.91 Å². The maximum Gasteiger partial charge on any atom is 0.224 e. The summed E-state index contributed by atoms with van der Waals surface area (Å²) in [6.45, 7) is 8.05. The third-order valence-electron chi connectivity index (χ3n) is 2.08. The number of hydrogen-bond acceptors (Lipinski definition) is 3. The topological polar surface area (TPSA) is 61.4 Å². The third-order valence-corrected chi connectivity index (χ3v) is 2.08. The van der Waals surface area contributed by atoms with Gasteiger partial charge in [-0.1, -0.05) is 20.8 Å². The van der Waals surface area contributed by atoms with Gasteiger partial charge in [-0.3, -0.25) is 4.79 Å². The average molecular weight is 202 g/mol. The molecule has 0 heterocycles. The van der Waals surface area contributed by atoms with E-state index in [-0.39, 0.29) is 24.3 Å². The second-order valence-corrected chi connectivity index (χ2v) is 3.74. The lowest BCUT2D eigenvalue weighted by Gasteiger charge is -2.14. The lowest BCUT2D eigenvalue weighted by molar-refractivity contribution is -0.124. The van der Waals surface area contributed by atoms with Gasteiger partial charge in [-0.15, -0.1) is 0 Å². The van der Waals surface area contributed by atoms with E-state index < -0.39 is 0 Å². The van der Waals surface area contributed by atoms with E-state index in [0.29, 0.717) is 13.1 Å². The summed E-state index contributed by atoms with van der Waals surface area (Å²) in [6.07, 6.45) is 0. The Bertz CT molecular complexity index is 162. The molecule has 0 aliphatic rings. The van der Waals surface area contributed by atoms with Crippen molar-refractivity contribution in [2.24, 2.45) is 11.8 Å². The van der Waals surface area contributed by atoms with Crippen LogP contribution < -0.4 is 10.6 Å². The van der Waals surface area contributed by atoms with Gasteiger partial charge >= 0.3 is 0 Å². The minimum absolute atomic E-state index is 0.0131. The highest BCUT2D eigenvalue weighted by Crippen LogP contribution is 1.94. The Morgan fingerprint density at radius 1 is 1.36 bits per heavy atom. The van der Waals surface area contributed by atoms with Crippen molar-refractivity contribution in [3.63, 3.8) is 0 Å². The summed E-state index contributed by atoms with van der Waals surface area (Å²) in [5.41, 5.74) is 0. The number of aliphatic hydroxyl groups excluding tert-OH is 1. The molecule has 4 nitrogen and oxygen atoms in total. The molecule has 2 atom stereocenters. The van der Waals surface area contributed by atoms with E-state index in [1.807, 2.05) is 20.8 Å². The Morgan fingerprint density at radius 3 is 2.50 bits per heavy atom. The Kier molecular flexibility index (Phi) is 7.42. The van der Waals surface area contributed by atoms with Crippen LogP contribution >= 0.6 is 0 Å². The Hall–Kier alpha value is -0.610. The number of carbonyl (C=O) groups excluding carboxylic acids is 1. The van der Waals surface area contributed by atoms with Crippen molar-refractivity contribution >= 4 is 5.91 Å². The molecule has 0 aromatic rings. The number of nitrogens with one attached hydrogen (secondary N) is 2. The van der Waals surface area contributed by atoms with E-state index in [2.05, 4.69) is 10.6 Å². The second-order valence-electron chi connectivity index (χ2n) is 3.74. The van der Waals surface area contributed by atoms with Gasteiger partial charge in [0.15, 0.2) is 0 Å². The smallest absolute Gasteiger partial charge is 0.224 e. The SMILES string of the molecule is CCNCC(C)C(=O)NCC(C)CO. The largest absolute Gasteiger partial charge is 0.396 e. The van der Waals surface area contributed by atoms with Gasteiger partial charge in [0.25, 0.3) is 0 Å². The van der Waals surface area contributed by atoms with Crippen LogP contribution in [0, 0.1) is 11.8 Å². The predicted octanol–water partition coefficient (Wildman–Crippen LogP) is -0.0234. The normalized spacial score (nSPS) is 14.9. The minimum Gasteiger partial charge on any atom is -0.396 e. The molecule has 14 heavy (non-hydrogen) atoms. The highest BCUT2D eigenvalue weighted by Gasteiger charge is 2.12. The molecule has 0 saturated heterocycles. The number of amides is 1. The first-order valence-electron chi connectivity index (χ1n) is 5.21. The summed E-state index contributed by atoms with van der Waals surface area (Å²) in [5, 5.41) is 14.7. The number of aliphatic hydroxyl groups is 1. The van der Waals surface area contributed by atoms with Crippen LogP contribution in [-0.2, 0) is 4.79 Å². The molecule has 0 aliphatic carbocycles. The molecule has 1 amide bonds. The van der Waals surface area contributed by atoms with Crippen LogP contribution in [0.2, 0.25) is 0 Å². The van der Waals surface area contributed by atoms with E-state index in [0.717, 1.165) is 6.54 Å². The fourth-order valence-electron chi connectivity index (χ4n) is 0.967. The quantitative estimate of drug-likeness (QED) is 0.543. The van der Waals surface area contributed by atoms with Crippen molar-refractivity contribution in [3.05, 3.63) is 0 Å². The molecule has 4 heteroatoms. The zero-order valence-electron chi connectivity index (χ0n) is 9.34. The highest BCUT2D eigenvalue weighted by molar-refractivity contribution is 5.78. The highest BCUT2D eigenvalue weighted by atomic mass is 16.3. The summed E-state index contributed by atoms with van der Waals surface area (Å²) < 4.78 is 0. The van der Waals surface area contributed by atoms with Crippen molar-refractivity contribution in [1.82, 2.24) is 10.6 Å². The maximum atomic E-state index is 11.4. The van der Waals surface area contributed by atoms with Gasteiger partial charge in [-0.25, -0.2) is 0 Å². The van der Waals surface area contributed by atoms with Gasteiger partial charge < -0.3 is 15.7 Å². The molecule has 0 fully saturated rings. The van der Waals surface area contributed by atoms with Crippen LogP contribution in [0.4, 0.5) is 0 Å². The molecule has 3 N–H and O–H groups in total. The van der Waals surface area contributed by atoms with Crippen LogP contribution in [0.1, 0.15) is 20.8 Å². The van der Waals surface area contributed by atoms with Crippen LogP contribution in [0.5, 0.6) is 0 Å². The summed E-state index contributed by atoms with van der Waals surface area (Å²) in [7, 11) is 0. The molecule has 2 unspecified atom stereocenters. The van der Waals surface area contributed by atoms with Crippen LogP contribution in [0.25, 0.3) is 0 Å². The maximum absolute atomic E-state index is 11.4. The lowest BCUT2D eigenvalue weighted by atomic mass is 10.1. The van der Waals surface area contributed by atoms with Gasteiger partial charge in [-0.05, 0) is 12.5 Å². The van der Waals surface area contributed by atoms with Crippen molar-refractivity contribution in [3.8, 4) is 0 Å². The number of carbonyl (C=O) groups is 1. The van der Waals surface area contributed by atoms with E-state index in [9.17, 15) is 4.79 Å². The van der Waals surface area contributed by atoms with Crippen molar-refractivity contribution in [1.29, 1.82) is 0 Å². The summed E-state index contributed by atoms with van der Waals surface area (Å²) in [5.74, 6) is 0.164. The fourth-order valence-corrected chi connectivity index (χ4v) is 0.967. The monoisotopic (exact) mass is 202 g/mol. The molecular formula is C10H22N2O2. The van der Waals surface area contributed by atoms with E-state index >= 15 is 0 Å². The molecule has 84 valence electrons. The summed E-state index contributed by atoms with van der Waals surface area (Å²) >= 11 is 0. The standard InChI is InChI=1S/C10H22N2O2/c1-4-11-6-9(3)10(14)12-5-8(2)7-13/h8-9,11,13H,4-7H2,1-3H3,(H,12,14). The Labute approximate surface area is 86.1 Å². The Morgan fingerprint density at radius 2 is 2.00 bits per heavy atom. The van der Waals surface area contributed by atoms with Crippen LogP contribution in [-0.4, -0.2) is 37.3 Å².